The van der Waals surface area contributed by atoms with E-state index in [1.54, 1.807) is 0 Å². The molecular weight excluding hydrogens is 228 g/mol. The van der Waals surface area contributed by atoms with Crippen molar-refractivity contribution in [1.29, 1.82) is 0 Å². The SMILES string of the molecule is Cn1c(-c2ccc3c(c2)CCO3)cnc1CCO. The van der Waals surface area contributed by atoms with Gasteiger partial charge < -0.3 is 14.4 Å². The Morgan fingerprint density at radius 3 is 3.17 bits per heavy atom. The molecule has 2 aromatic rings. The third-order valence-corrected chi connectivity index (χ3v) is 3.41. The van der Waals surface area contributed by atoms with Crippen LogP contribution in [0.5, 0.6) is 5.75 Å². The van der Waals surface area contributed by atoms with Crippen molar-refractivity contribution < 1.29 is 9.84 Å². The molecule has 0 amide bonds. The van der Waals surface area contributed by atoms with E-state index in [1.807, 2.05) is 23.9 Å². The van der Waals surface area contributed by atoms with Crippen LogP contribution in [0.1, 0.15) is 11.4 Å². The van der Waals surface area contributed by atoms with Crippen LogP contribution in [0.15, 0.2) is 24.4 Å². The highest BCUT2D eigenvalue weighted by atomic mass is 16.5. The predicted octanol–water partition coefficient (Wildman–Crippen LogP) is 1.56. The minimum atomic E-state index is 0.127. The second kappa shape index (κ2) is 4.46. The van der Waals surface area contributed by atoms with Crippen LogP contribution in [0.4, 0.5) is 0 Å². The van der Waals surface area contributed by atoms with Crippen molar-refractivity contribution in [3.05, 3.63) is 35.8 Å². The van der Waals surface area contributed by atoms with Gasteiger partial charge in [-0.2, -0.15) is 0 Å². The number of benzene rings is 1. The van der Waals surface area contributed by atoms with E-state index in [0.717, 1.165) is 35.9 Å². The van der Waals surface area contributed by atoms with E-state index in [9.17, 15) is 0 Å². The highest BCUT2D eigenvalue weighted by molar-refractivity contribution is 5.63. The van der Waals surface area contributed by atoms with Gasteiger partial charge >= 0.3 is 0 Å². The second-order valence-electron chi connectivity index (χ2n) is 4.51. The van der Waals surface area contributed by atoms with Crippen molar-refractivity contribution in [2.45, 2.75) is 12.8 Å². The molecule has 94 valence electrons. The van der Waals surface area contributed by atoms with Crippen LogP contribution >= 0.6 is 0 Å². The Balaban J connectivity index is 1.99. The number of nitrogens with zero attached hydrogens (tertiary/aromatic N) is 2. The van der Waals surface area contributed by atoms with Gasteiger partial charge in [0.05, 0.1) is 25.1 Å². The van der Waals surface area contributed by atoms with Gasteiger partial charge in [0.15, 0.2) is 0 Å². The Bertz CT molecular complexity index is 575. The fraction of sp³-hybridized carbons (Fsp3) is 0.357. The van der Waals surface area contributed by atoms with Crippen molar-refractivity contribution in [1.82, 2.24) is 9.55 Å². The molecule has 0 unspecified atom stereocenters. The molecule has 1 aliphatic heterocycles. The molecule has 0 radical (unpaired) electrons. The maximum absolute atomic E-state index is 8.98. The van der Waals surface area contributed by atoms with Gasteiger partial charge in [-0.15, -0.1) is 0 Å². The van der Waals surface area contributed by atoms with E-state index < -0.39 is 0 Å². The fourth-order valence-corrected chi connectivity index (χ4v) is 2.39. The van der Waals surface area contributed by atoms with Gasteiger partial charge in [-0.25, -0.2) is 4.98 Å². The Hall–Kier alpha value is -1.81. The first-order chi connectivity index (χ1) is 8.79. The lowest BCUT2D eigenvalue weighted by Crippen LogP contribution is -2.02. The molecule has 1 N–H and O–H groups in total. The summed E-state index contributed by atoms with van der Waals surface area (Å²) in [5.41, 5.74) is 3.49. The smallest absolute Gasteiger partial charge is 0.122 e. The molecule has 4 nitrogen and oxygen atoms in total. The third-order valence-electron chi connectivity index (χ3n) is 3.41. The zero-order valence-corrected chi connectivity index (χ0v) is 10.4. The predicted molar refractivity (Wildman–Crippen MR) is 68.6 cm³/mol. The lowest BCUT2D eigenvalue weighted by atomic mass is 10.1. The third kappa shape index (κ3) is 1.78. The Morgan fingerprint density at radius 1 is 1.44 bits per heavy atom. The molecule has 0 fully saturated rings. The highest BCUT2D eigenvalue weighted by Crippen LogP contribution is 2.30. The molecule has 0 bridgehead atoms. The molecule has 0 atom stereocenters. The summed E-state index contributed by atoms with van der Waals surface area (Å²) < 4.78 is 7.54. The number of ether oxygens (including phenoxy) is 1. The number of aliphatic hydroxyl groups is 1. The molecule has 0 saturated heterocycles. The molecule has 0 saturated carbocycles. The molecule has 2 heterocycles. The number of rotatable bonds is 3. The van der Waals surface area contributed by atoms with Crippen LogP contribution < -0.4 is 4.74 Å². The van der Waals surface area contributed by atoms with Crippen molar-refractivity contribution in [2.75, 3.05) is 13.2 Å². The Kier molecular flexibility index (Phi) is 2.80. The van der Waals surface area contributed by atoms with Gasteiger partial charge in [0.2, 0.25) is 0 Å². The summed E-state index contributed by atoms with van der Waals surface area (Å²) >= 11 is 0. The minimum absolute atomic E-state index is 0.127. The zero-order chi connectivity index (χ0) is 12.5. The molecule has 1 aromatic heterocycles. The minimum Gasteiger partial charge on any atom is -0.493 e. The molecule has 4 heteroatoms. The van der Waals surface area contributed by atoms with E-state index >= 15 is 0 Å². The van der Waals surface area contributed by atoms with Crippen LogP contribution in [-0.2, 0) is 19.9 Å². The molecule has 18 heavy (non-hydrogen) atoms. The molecule has 0 spiro atoms. The quantitative estimate of drug-likeness (QED) is 0.891. The maximum Gasteiger partial charge on any atom is 0.122 e. The van der Waals surface area contributed by atoms with Gasteiger partial charge in [0, 0.05) is 25.5 Å². The lowest BCUT2D eigenvalue weighted by molar-refractivity contribution is 0.295. The maximum atomic E-state index is 8.98. The van der Waals surface area contributed by atoms with E-state index in [-0.39, 0.29) is 6.61 Å². The molecule has 1 aromatic carbocycles. The van der Waals surface area contributed by atoms with Gasteiger partial charge in [-0.3, -0.25) is 0 Å². The zero-order valence-electron chi connectivity index (χ0n) is 10.4. The number of imidazole rings is 1. The second-order valence-corrected chi connectivity index (χ2v) is 4.51. The van der Waals surface area contributed by atoms with E-state index in [0.29, 0.717) is 6.42 Å². The van der Waals surface area contributed by atoms with Crippen molar-refractivity contribution in [2.24, 2.45) is 7.05 Å². The largest absolute Gasteiger partial charge is 0.493 e. The molecular formula is C14H16N2O2. The van der Waals surface area contributed by atoms with Gasteiger partial charge in [-0.05, 0) is 23.8 Å². The first kappa shape index (κ1) is 11.3. The van der Waals surface area contributed by atoms with E-state index in [1.165, 1.54) is 5.56 Å². The van der Waals surface area contributed by atoms with Gasteiger partial charge in [0.1, 0.15) is 11.6 Å². The van der Waals surface area contributed by atoms with Crippen molar-refractivity contribution in [3.63, 3.8) is 0 Å². The van der Waals surface area contributed by atoms with Gasteiger partial charge in [-0.1, -0.05) is 0 Å². The fourth-order valence-electron chi connectivity index (χ4n) is 2.39. The van der Waals surface area contributed by atoms with Crippen LogP contribution in [0, 0.1) is 0 Å². The lowest BCUT2D eigenvalue weighted by Gasteiger charge is -2.07. The standard InChI is InChI=1S/C14H16N2O2/c1-16-12(9-15-14(16)4-6-17)10-2-3-13-11(8-10)5-7-18-13/h2-3,8-9,17H,4-7H2,1H3. The van der Waals surface area contributed by atoms with Crippen molar-refractivity contribution in [3.8, 4) is 17.0 Å². The monoisotopic (exact) mass is 244 g/mol. The first-order valence-electron chi connectivity index (χ1n) is 6.17. The summed E-state index contributed by atoms with van der Waals surface area (Å²) in [6.07, 6.45) is 3.43. The number of aromatic nitrogens is 2. The van der Waals surface area contributed by atoms with Crippen LogP contribution in [0.25, 0.3) is 11.3 Å². The molecule has 0 aliphatic carbocycles. The summed E-state index contributed by atoms with van der Waals surface area (Å²) in [5.74, 6) is 1.90. The summed E-state index contributed by atoms with van der Waals surface area (Å²) in [6.45, 7) is 0.905. The summed E-state index contributed by atoms with van der Waals surface area (Å²) in [4.78, 5) is 4.35. The van der Waals surface area contributed by atoms with Crippen LogP contribution in [-0.4, -0.2) is 27.9 Å². The van der Waals surface area contributed by atoms with Crippen LogP contribution in [0.3, 0.4) is 0 Å². The number of hydrogen-bond donors (Lipinski definition) is 1. The van der Waals surface area contributed by atoms with Crippen LogP contribution in [0.2, 0.25) is 0 Å². The van der Waals surface area contributed by atoms with Crippen molar-refractivity contribution >= 4 is 0 Å². The number of hydrogen-bond acceptors (Lipinski definition) is 3. The Labute approximate surface area is 106 Å². The highest BCUT2D eigenvalue weighted by Gasteiger charge is 2.14. The summed E-state index contributed by atoms with van der Waals surface area (Å²) in [5, 5.41) is 8.98. The molecule has 1 aliphatic rings. The van der Waals surface area contributed by atoms with Gasteiger partial charge in [0.25, 0.3) is 0 Å². The summed E-state index contributed by atoms with van der Waals surface area (Å²) in [6, 6.07) is 6.25. The number of aliphatic hydroxyl groups excluding tert-OH is 1. The van der Waals surface area contributed by atoms with E-state index in [2.05, 4.69) is 17.1 Å². The average Bonchev–Trinajstić information content (AvgIpc) is 2.97. The summed E-state index contributed by atoms with van der Waals surface area (Å²) in [7, 11) is 1.98. The Morgan fingerprint density at radius 2 is 2.33 bits per heavy atom. The number of fused-ring (bicyclic) bond motifs is 1. The first-order valence-corrected chi connectivity index (χ1v) is 6.17. The normalized spacial score (nSPS) is 13.4. The molecule has 3 rings (SSSR count). The average molecular weight is 244 g/mol. The van der Waals surface area contributed by atoms with E-state index in [4.69, 9.17) is 9.84 Å². The topological polar surface area (TPSA) is 47.3 Å².